The fourth-order valence-corrected chi connectivity index (χ4v) is 3.34. The van der Waals surface area contributed by atoms with Gasteiger partial charge in [0.05, 0.1) is 17.2 Å². The van der Waals surface area contributed by atoms with Crippen LogP contribution in [0.2, 0.25) is 0 Å². The lowest BCUT2D eigenvalue weighted by atomic mass is 9.82. The molecule has 2 heterocycles. The zero-order valence-electron chi connectivity index (χ0n) is 14.2. The molecule has 2 aliphatic heterocycles. The van der Waals surface area contributed by atoms with Crippen LogP contribution in [0.1, 0.15) is 38.7 Å². The average molecular weight is 314 g/mol. The summed E-state index contributed by atoms with van der Waals surface area (Å²) in [5, 5.41) is 6.51. The molecule has 0 aliphatic carbocycles. The highest BCUT2D eigenvalue weighted by Gasteiger charge is 2.41. The Morgan fingerprint density at radius 1 is 1.17 bits per heavy atom. The molecule has 2 N–H and O–H groups in total. The number of amides is 1. The van der Waals surface area contributed by atoms with Crippen molar-refractivity contribution >= 4 is 17.3 Å². The lowest BCUT2D eigenvalue weighted by Gasteiger charge is -2.41. The molecular formula is C18H26N4O. The Balaban J connectivity index is 1.91. The molecule has 3 rings (SSSR count). The van der Waals surface area contributed by atoms with Gasteiger partial charge in [0.1, 0.15) is 0 Å². The molecule has 23 heavy (non-hydrogen) atoms. The number of nitrogens with zero attached hydrogens (tertiary/aromatic N) is 3. The first-order valence-corrected chi connectivity index (χ1v) is 8.32. The second kappa shape index (κ2) is 5.96. The minimum absolute atomic E-state index is 0.145. The molecule has 0 spiro atoms. The summed E-state index contributed by atoms with van der Waals surface area (Å²) in [6, 6.07) is 7.98. The molecule has 1 aromatic rings. The van der Waals surface area contributed by atoms with Crippen LogP contribution in [0.3, 0.4) is 0 Å². The van der Waals surface area contributed by atoms with E-state index in [0.717, 1.165) is 42.9 Å². The van der Waals surface area contributed by atoms with E-state index in [1.165, 1.54) is 0 Å². The first-order valence-electron chi connectivity index (χ1n) is 8.32. The summed E-state index contributed by atoms with van der Waals surface area (Å²) < 4.78 is 0. The molecule has 1 amide bonds. The summed E-state index contributed by atoms with van der Waals surface area (Å²) in [5.74, 6) is 0.145. The highest BCUT2D eigenvalue weighted by Crippen LogP contribution is 2.33. The molecule has 1 aromatic carbocycles. The van der Waals surface area contributed by atoms with Crippen LogP contribution in [0.5, 0.6) is 0 Å². The minimum Gasteiger partial charge on any atom is -0.399 e. The van der Waals surface area contributed by atoms with Gasteiger partial charge in [-0.1, -0.05) is 26.0 Å². The number of anilines is 1. The Morgan fingerprint density at radius 3 is 2.39 bits per heavy atom. The molecule has 0 saturated carbocycles. The Labute approximate surface area is 138 Å². The van der Waals surface area contributed by atoms with Crippen molar-refractivity contribution in [1.29, 1.82) is 0 Å². The van der Waals surface area contributed by atoms with Crippen molar-refractivity contribution in [3.63, 3.8) is 0 Å². The van der Waals surface area contributed by atoms with E-state index in [0.29, 0.717) is 6.42 Å². The van der Waals surface area contributed by atoms with Crippen LogP contribution in [-0.2, 0) is 4.79 Å². The van der Waals surface area contributed by atoms with Gasteiger partial charge in [-0.15, -0.1) is 0 Å². The van der Waals surface area contributed by atoms with Crippen LogP contribution < -0.4 is 5.73 Å². The number of nitrogen functional groups attached to an aromatic ring is 1. The molecule has 5 heteroatoms. The van der Waals surface area contributed by atoms with E-state index in [1.54, 1.807) is 5.01 Å². The van der Waals surface area contributed by atoms with E-state index >= 15 is 0 Å². The van der Waals surface area contributed by atoms with Gasteiger partial charge in [-0.05, 0) is 50.7 Å². The Hall–Kier alpha value is -1.88. The SMILES string of the molecule is CN1CCC(N2N=C(c3ccc(N)cc3)CC(C)(C)C2=O)CC1. The number of hydrogen-bond acceptors (Lipinski definition) is 4. The number of hydrazone groups is 1. The monoisotopic (exact) mass is 314 g/mol. The molecule has 0 bridgehead atoms. The smallest absolute Gasteiger partial charge is 0.248 e. The summed E-state index contributed by atoms with van der Waals surface area (Å²) in [5.41, 5.74) is 8.14. The lowest BCUT2D eigenvalue weighted by Crippen LogP contribution is -2.51. The molecular weight excluding hydrogens is 288 g/mol. The van der Waals surface area contributed by atoms with E-state index in [2.05, 4.69) is 11.9 Å². The fourth-order valence-electron chi connectivity index (χ4n) is 3.34. The third-order valence-corrected chi connectivity index (χ3v) is 4.90. The number of piperidine rings is 1. The Kier molecular flexibility index (Phi) is 4.15. The lowest BCUT2D eigenvalue weighted by molar-refractivity contribution is -0.144. The molecule has 124 valence electrons. The Morgan fingerprint density at radius 2 is 1.78 bits per heavy atom. The molecule has 0 aromatic heterocycles. The second-order valence-electron chi connectivity index (χ2n) is 7.41. The first kappa shape index (κ1) is 16.0. The van der Waals surface area contributed by atoms with Gasteiger partial charge in [0.25, 0.3) is 0 Å². The predicted molar refractivity (Wildman–Crippen MR) is 93.2 cm³/mol. The number of nitrogens with two attached hydrogens (primary N) is 1. The number of carbonyl (C=O) groups is 1. The van der Waals surface area contributed by atoms with E-state index in [-0.39, 0.29) is 11.9 Å². The summed E-state index contributed by atoms with van der Waals surface area (Å²) >= 11 is 0. The first-order chi connectivity index (χ1) is 10.9. The van der Waals surface area contributed by atoms with Gasteiger partial charge in [0.15, 0.2) is 0 Å². The summed E-state index contributed by atoms with van der Waals surface area (Å²) in [7, 11) is 2.13. The fraction of sp³-hybridized carbons (Fsp3) is 0.556. The number of hydrogen-bond donors (Lipinski definition) is 1. The third-order valence-electron chi connectivity index (χ3n) is 4.90. The van der Waals surface area contributed by atoms with E-state index in [4.69, 9.17) is 10.8 Å². The molecule has 5 nitrogen and oxygen atoms in total. The van der Waals surface area contributed by atoms with Crippen molar-refractivity contribution < 1.29 is 4.79 Å². The minimum atomic E-state index is -0.415. The van der Waals surface area contributed by atoms with Gasteiger partial charge in [-0.2, -0.15) is 5.10 Å². The van der Waals surface area contributed by atoms with Gasteiger partial charge < -0.3 is 10.6 Å². The van der Waals surface area contributed by atoms with E-state index < -0.39 is 5.41 Å². The number of benzene rings is 1. The van der Waals surface area contributed by atoms with Crippen LogP contribution in [0, 0.1) is 5.41 Å². The predicted octanol–water partition coefficient (Wildman–Crippen LogP) is 2.33. The summed E-state index contributed by atoms with van der Waals surface area (Å²) in [6.07, 6.45) is 2.63. The largest absolute Gasteiger partial charge is 0.399 e. The van der Waals surface area contributed by atoms with Crippen molar-refractivity contribution in [1.82, 2.24) is 9.91 Å². The number of likely N-dealkylation sites (tertiary alicyclic amines) is 1. The van der Waals surface area contributed by atoms with Crippen molar-refractivity contribution in [2.24, 2.45) is 10.5 Å². The normalized spacial score (nSPS) is 23.0. The van der Waals surface area contributed by atoms with Crippen LogP contribution >= 0.6 is 0 Å². The van der Waals surface area contributed by atoms with Crippen LogP contribution in [0.4, 0.5) is 5.69 Å². The summed E-state index contributed by atoms with van der Waals surface area (Å²) in [6.45, 7) is 6.07. The van der Waals surface area contributed by atoms with Gasteiger partial charge in [-0.25, -0.2) is 5.01 Å². The zero-order valence-corrected chi connectivity index (χ0v) is 14.2. The quantitative estimate of drug-likeness (QED) is 0.852. The maximum Gasteiger partial charge on any atom is 0.248 e. The highest BCUT2D eigenvalue weighted by molar-refractivity contribution is 6.06. The molecule has 0 radical (unpaired) electrons. The molecule has 0 unspecified atom stereocenters. The number of carbonyl (C=O) groups excluding carboxylic acids is 1. The third kappa shape index (κ3) is 3.24. The average Bonchev–Trinajstić information content (AvgIpc) is 2.51. The maximum absolute atomic E-state index is 12.8. The van der Waals surface area contributed by atoms with Gasteiger partial charge >= 0.3 is 0 Å². The van der Waals surface area contributed by atoms with Gasteiger partial charge in [-0.3, -0.25) is 4.79 Å². The Bertz CT molecular complexity index is 612. The topological polar surface area (TPSA) is 61.9 Å². The molecule has 1 saturated heterocycles. The van der Waals surface area contributed by atoms with Crippen molar-refractivity contribution in [3.8, 4) is 0 Å². The van der Waals surface area contributed by atoms with Crippen molar-refractivity contribution in [2.45, 2.75) is 39.2 Å². The van der Waals surface area contributed by atoms with E-state index in [9.17, 15) is 4.79 Å². The summed E-state index contributed by atoms with van der Waals surface area (Å²) in [4.78, 5) is 15.2. The van der Waals surface area contributed by atoms with Gasteiger partial charge in [0, 0.05) is 12.1 Å². The zero-order chi connectivity index (χ0) is 16.6. The van der Waals surface area contributed by atoms with Crippen LogP contribution in [-0.4, -0.2) is 47.7 Å². The number of rotatable bonds is 2. The van der Waals surface area contributed by atoms with Crippen molar-refractivity contribution in [3.05, 3.63) is 29.8 Å². The maximum atomic E-state index is 12.8. The van der Waals surface area contributed by atoms with Gasteiger partial charge in [0.2, 0.25) is 5.91 Å². The van der Waals surface area contributed by atoms with Crippen LogP contribution in [0.15, 0.2) is 29.4 Å². The molecule has 0 atom stereocenters. The highest BCUT2D eigenvalue weighted by atomic mass is 16.2. The molecule has 1 fully saturated rings. The standard InChI is InChI=1S/C18H26N4O/c1-18(2)12-16(13-4-6-14(19)7-5-13)20-22(17(18)23)15-8-10-21(3)11-9-15/h4-7,15H,8-12,19H2,1-3H3. The van der Waals surface area contributed by atoms with Crippen molar-refractivity contribution in [2.75, 3.05) is 25.9 Å². The second-order valence-corrected chi connectivity index (χ2v) is 7.41. The van der Waals surface area contributed by atoms with Crippen LogP contribution in [0.25, 0.3) is 0 Å². The molecule has 2 aliphatic rings. The van der Waals surface area contributed by atoms with E-state index in [1.807, 2.05) is 38.1 Å².